The van der Waals surface area contributed by atoms with Gasteiger partial charge in [-0.15, -0.1) is 0 Å². The van der Waals surface area contributed by atoms with E-state index in [1.165, 1.54) is 0 Å². The van der Waals surface area contributed by atoms with Gasteiger partial charge in [0.05, 0.1) is 6.42 Å². The van der Waals surface area contributed by atoms with Crippen LogP contribution in [0.2, 0.25) is 0 Å². The molecule has 0 aliphatic carbocycles. The van der Waals surface area contributed by atoms with Crippen LogP contribution in [0.15, 0.2) is 30.3 Å². The lowest BCUT2D eigenvalue weighted by atomic mass is 9.92. The largest absolute Gasteiger partial charge is 0.480 e. The van der Waals surface area contributed by atoms with Crippen molar-refractivity contribution in [3.63, 3.8) is 0 Å². The Kier molecular flexibility index (Phi) is 5.76. The van der Waals surface area contributed by atoms with E-state index in [9.17, 15) is 14.4 Å². The average molecular weight is 358 g/mol. The molecule has 2 aromatic rings. The van der Waals surface area contributed by atoms with Crippen molar-refractivity contribution < 1.29 is 19.5 Å². The van der Waals surface area contributed by atoms with E-state index in [-0.39, 0.29) is 23.7 Å². The fourth-order valence-corrected chi connectivity index (χ4v) is 2.15. The molecule has 0 saturated carbocycles. The van der Waals surface area contributed by atoms with Crippen LogP contribution in [0.3, 0.4) is 0 Å². The highest BCUT2D eigenvalue weighted by Gasteiger charge is 2.19. The van der Waals surface area contributed by atoms with Crippen molar-refractivity contribution in [1.82, 2.24) is 15.5 Å². The standard InChI is InChI=1S/C18H22N4O4/c1-18(2,3)14-9-13(21-22-14)17(26)20-12-6-4-11(5-7-12)8-15(23)19-10-16(24)25/h4-7,9H,8,10H2,1-3H3,(H,19,23)(H,20,26)(H,21,22)(H,24,25). The summed E-state index contributed by atoms with van der Waals surface area (Å²) in [7, 11) is 0. The van der Waals surface area contributed by atoms with E-state index < -0.39 is 12.5 Å². The molecule has 0 aliphatic rings. The van der Waals surface area contributed by atoms with Gasteiger partial charge >= 0.3 is 5.97 Å². The van der Waals surface area contributed by atoms with Gasteiger partial charge in [-0.05, 0) is 23.8 Å². The Bertz CT molecular complexity index is 803. The second-order valence-electron chi connectivity index (χ2n) is 6.92. The third kappa shape index (κ3) is 5.44. The summed E-state index contributed by atoms with van der Waals surface area (Å²) in [5, 5.41) is 20.5. The van der Waals surface area contributed by atoms with Crippen LogP contribution in [0.5, 0.6) is 0 Å². The Labute approximate surface area is 151 Å². The predicted octanol–water partition coefficient (Wildman–Crippen LogP) is 1.70. The van der Waals surface area contributed by atoms with Crippen LogP contribution in [0.25, 0.3) is 0 Å². The van der Waals surface area contributed by atoms with Gasteiger partial charge in [-0.3, -0.25) is 19.5 Å². The Hall–Kier alpha value is -3.16. The molecule has 1 heterocycles. The maximum absolute atomic E-state index is 12.3. The van der Waals surface area contributed by atoms with Gasteiger partial charge in [0, 0.05) is 16.8 Å². The monoisotopic (exact) mass is 358 g/mol. The summed E-state index contributed by atoms with van der Waals surface area (Å²) < 4.78 is 0. The van der Waals surface area contributed by atoms with Gasteiger partial charge in [0.15, 0.2) is 5.69 Å². The summed E-state index contributed by atoms with van der Waals surface area (Å²) >= 11 is 0. The number of aliphatic carboxylic acids is 1. The Morgan fingerprint density at radius 2 is 1.81 bits per heavy atom. The van der Waals surface area contributed by atoms with Crippen LogP contribution < -0.4 is 10.6 Å². The fourth-order valence-electron chi connectivity index (χ4n) is 2.15. The Morgan fingerprint density at radius 1 is 1.15 bits per heavy atom. The molecule has 0 saturated heterocycles. The number of nitrogens with zero attached hydrogens (tertiary/aromatic N) is 1. The van der Waals surface area contributed by atoms with E-state index in [4.69, 9.17) is 5.11 Å². The highest BCUT2D eigenvalue weighted by Crippen LogP contribution is 2.20. The number of hydrogen-bond acceptors (Lipinski definition) is 4. The van der Waals surface area contributed by atoms with Gasteiger partial charge in [0.1, 0.15) is 6.54 Å². The number of amides is 2. The van der Waals surface area contributed by atoms with Crippen LogP contribution in [0.4, 0.5) is 5.69 Å². The van der Waals surface area contributed by atoms with Crippen LogP contribution in [-0.2, 0) is 21.4 Å². The molecule has 1 aromatic carbocycles. The van der Waals surface area contributed by atoms with Crippen LogP contribution in [-0.4, -0.2) is 39.6 Å². The van der Waals surface area contributed by atoms with Crippen LogP contribution >= 0.6 is 0 Å². The number of carbonyl (C=O) groups is 3. The number of anilines is 1. The van der Waals surface area contributed by atoms with Gasteiger partial charge in [-0.1, -0.05) is 32.9 Å². The Morgan fingerprint density at radius 3 is 2.35 bits per heavy atom. The zero-order valence-electron chi connectivity index (χ0n) is 14.9. The first-order valence-corrected chi connectivity index (χ1v) is 8.10. The number of rotatable bonds is 6. The number of aromatic amines is 1. The highest BCUT2D eigenvalue weighted by atomic mass is 16.4. The topological polar surface area (TPSA) is 124 Å². The predicted molar refractivity (Wildman–Crippen MR) is 96.0 cm³/mol. The molecule has 1 aromatic heterocycles. The van der Waals surface area contributed by atoms with E-state index in [1.807, 2.05) is 20.8 Å². The molecule has 4 N–H and O–H groups in total. The zero-order valence-corrected chi connectivity index (χ0v) is 14.9. The molecule has 2 amide bonds. The minimum Gasteiger partial charge on any atom is -0.480 e. The molecule has 2 rings (SSSR count). The lowest BCUT2D eigenvalue weighted by Gasteiger charge is -2.14. The van der Waals surface area contributed by atoms with Crippen molar-refractivity contribution in [3.05, 3.63) is 47.3 Å². The maximum Gasteiger partial charge on any atom is 0.322 e. The second kappa shape index (κ2) is 7.81. The average Bonchev–Trinajstić information content (AvgIpc) is 3.05. The summed E-state index contributed by atoms with van der Waals surface area (Å²) in [6.45, 7) is 5.65. The summed E-state index contributed by atoms with van der Waals surface area (Å²) in [4.78, 5) is 34.3. The maximum atomic E-state index is 12.3. The minimum atomic E-state index is -1.09. The van der Waals surface area contributed by atoms with E-state index in [2.05, 4.69) is 20.8 Å². The summed E-state index contributed by atoms with van der Waals surface area (Å²) in [6.07, 6.45) is 0.0653. The fraction of sp³-hybridized carbons (Fsp3) is 0.333. The van der Waals surface area contributed by atoms with Crippen LogP contribution in [0, 0.1) is 0 Å². The first kappa shape index (κ1) is 19.2. The molecule has 0 fully saturated rings. The lowest BCUT2D eigenvalue weighted by molar-refractivity contribution is -0.137. The molecule has 0 aliphatic heterocycles. The van der Waals surface area contributed by atoms with Crippen LogP contribution in [0.1, 0.15) is 42.5 Å². The third-order valence-electron chi connectivity index (χ3n) is 3.63. The molecule has 0 unspecified atom stereocenters. The highest BCUT2D eigenvalue weighted by molar-refractivity contribution is 6.02. The van der Waals surface area contributed by atoms with E-state index in [1.54, 1.807) is 30.3 Å². The van der Waals surface area contributed by atoms with E-state index >= 15 is 0 Å². The van der Waals surface area contributed by atoms with Crippen molar-refractivity contribution in [2.45, 2.75) is 32.6 Å². The van der Waals surface area contributed by atoms with Gasteiger partial charge in [-0.2, -0.15) is 5.10 Å². The molecule has 138 valence electrons. The second-order valence-corrected chi connectivity index (χ2v) is 6.92. The number of aromatic nitrogens is 2. The summed E-state index contributed by atoms with van der Waals surface area (Å²) in [6, 6.07) is 8.46. The van der Waals surface area contributed by atoms with Crippen molar-refractivity contribution >= 4 is 23.5 Å². The minimum absolute atomic E-state index is 0.0653. The summed E-state index contributed by atoms with van der Waals surface area (Å²) in [5.74, 6) is -1.80. The molecular weight excluding hydrogens is 336 g/mol. The number of carboxylic acids is 1. The summed E-state index contributed by atoms with van der Waals surface area (Å²) in [5.41, 5.74) is 2.32. The van der Waals surface area contributed by atoms with Gasteiger partial charge < -0.3 is 15.7 Å². The van der Waals surface area contributed by atoms with E-state index in [0.717, 1.165) is 5.69 Å². The van der Waals surface area contributed by atoms with Crippen molar-refractivity contribution in [2.24, 2.45) is 0 Å². The number of carboxylic acid groups (broad SMARTS) is 1. The number of hydrogen-bond donors (Lipinski definition) is 4. The quantitative estimate of drug-likeness (QED) is 0.626. The first-order valence-electron chi connectivity index (χ1n) is 8.10. The SMILES string of the molecule is CC(C)(C)c1cc(C(=O)Nc2ccc(CC(=O)NCC(=O)O)cc2)n[nH]1. The molecule has 0 bridgehead atoms. The first-order chi connectivity index (χ1) is 12.1. The van der Waals surface area contributed by atoms with Gasteiger partial charge in [0.25, 0.3) is 5.91 Å². The molecule has 8 heteroatoms. The normalized spacial score (nSPS) is 11.0. The number of nitrogens with one attached hydrogen (secondary N) is 3. The smallest absolute Gasteiger partial charge is 0.322 e. The lowest BCUT2D eigenvalue weighted by Crippen LogP contribution is -2.30. The van der Waals surface area contributed by atoms with Crippen molar-refractivity contribution in [3.8, 4) is 0 Å². The number of carbonyl (C=O) groups excluding carboxylic acids is 2. The van der Waals surface area contributed by atoms with E-state index in [0.29, 0.717) is 16.9 Å². The molecule has 0 spiro atoms. The molecule has 8 nitrogen and oxygen atoms in total. The number of benzene rings is 1. The third-order valence-corrected chi connectivity index (χ3v) is 3.63. The molecule has 0 radical (unpaired) electrons. The Balaban J connectivity index is 1.94. The molecule has 26 heavy (non-hydrogen) atoms. The van der Waals surface area contributed by atoms with Gasteiger partial charge in [0.2, 0.25) is 5.91 Å². The molecule has 0 atom stereocenters. The van der Waals surface area contributed by atoms with Gasteiger partial charge in [-0.25, -0.2) is 0 Å². The van der Waals surface area contributed by atoms with Crippen molar-refractivity contribution in [1.29, 1.82) is 0 Å². The zero-order chi connectivity index (χ0) is 19.3. The molecular formula is C18H22N4O4. The number of H-pyrrole nitrogens is 1. The van der Waals surface area contributed by atoms with Crippen molar-refractivity contribution in [2.75, 3.05) is 11.9 Å².